The lowest BCUT2D eigenvalue weighted by atomic mass is 10.0. The van der Waals surface area contributed by atoms with Crippen LogP contribution < -0.4 is 5.56 Å². The number of fused-ring (bicyclic) bond motifs is 1. The van der Waals surface area contributed by atoms with Crippen LogP contribution in [0.15, 0.2) is 65.7 Å². The average molecular weight is 404 g/mol. The second kappa shape index (κ2) is 7.44. The van der Waals surface area contributed by atoms with Crippen LogP contribution in [0.1, 0.15) is 25.6 Å². The van der Waals surface area contributed by atoms with Gasteiger partial charge in [-0.1, -0.05) is 54.6 Å². The largest absolute Gasteiger partial charge is 0.477 e. The molecule has 0 fully saturated rings. The third kappa shape index (κ3) is 3.48. The molecule has 0 saturated carbocycles. The number of benzene rings is 2. The Balaban J connectivity index is 1.62. The molecule has 0 atom stereocenters. The highest BCUT2D eigenvalue weighted by Gasteiger charge is 2.19. The minimum atomic E-state index is -1.09. The number of carboxylic acids is 1. The van der Waals surface area contributed by atoms with Gasteiger partial charge in [0, 0.05) is 5.56 Å². The van der Waals surface area contributed by atoms with Crippen LogP contribution in [0, 0.1) is 6.92 Å². The van der Waals surface area contributed by atoms with Gasteiger partial charge in [-0.2, -0.15) is 0 Å². The predicted molar refractivity (Wildman–Crippen MR) is 112 cm³/mol. The molecule has 2 aromatic heterocycles. The third-order valence-electron chi connectivity index (χ3n) is 4.74. The summed E-state index contributed by atoms with van der Waals surface area (Å²) in [5.41, 5.74) is 2.51. The molecule has 0 aliphatic heterocycles. The summed E-state index contributed by atoms with van der Waals surface area (Å²) in [5.74, 6) is -1.31. The lowest BCUT2D eigenvalue weighted by Gasteiger charge is -2.06. The first-order valence-electron chi connectivity index (χ1n) is 8.86. The van der Waals surface area contributed by atoms with E-state index in [1.807, 2.05) is 42.5 Å². The van der Waals surface area contributed by atoms with E-state index in [0.29, 0.717) is 16.0 Å². The van der Waals surface area contributed by atoms with Gasteiger partial charge in [-0.15, -0.1) is 11.3 Å². The SMILES string of the molecule is Cc1c(C(=O)O)sc2ncn(CC(=O)c3ccc(-c4ccccc4)cc3)c(=O)c12. The molecule has 144 valence electrons. The first-order chi connectivity index (χ1) is 14.0. The van der Waals surface area contributed by atoms with Gasteiger partial charge in [0.25, 0.3) is 5.56 Å². The molecule has 0 unspecified atom stereocenters. The van der Waals surface area contributed by atoms with Gasteiger partial charge in [0.2, 0.25) is 0 Å². The number of carbonyl (C=O) groups excluding carboxylic acids is 1. The van der Waals surface area contributed by atoms with Gasteiger partial charge in [-0.05, 0) is 23.6 Å². The first kappa shape index (κ1) is 18.8. The van der Waals surface area contributed by atoms with Crippen molar-refractivity contribution < 1.29 is 14.7 Å². The molecule has 0 bridgehead atoms. The van der Waals surface area contributed by atoms with Crippen molar-refractivity contribution in [2.45, 2.75) is 13.5 Å². The first-order valence-corrected chi connectivity index (χ1v) is 9.68. The van der Waals surface area contributed by atoms with Crippen molar-refractivity contribution in [3.63, 3.8) is 0 Å². The molecule has 1 N–H and O–H groups in total. The lowest BCUT2D eigenvalue weighted by Crippen LogP contribution is -2.24. The summed E-state index contributed by atoms with van der Waals surface area (Å²) < 4.78 is 1.22. The molecular formula is C22H16N2O4S. The van der Waals surface area contributed by atoms with Gasteiger partial charge in [-0.25, -0.2) is 9.78 Å². The number of aromatic nitrogens is 2. The van der Waals surface area contributed by atoms with Gasteiger partial charge >= 0.3 is 5.97 Å². The summed E-state index contributed by atoms with van der Waals surface area (Å²) in [5, 5.41) is 9.50. The van der Waals surface area contributed by atoms with Crippen LogP contribution in [-0.2, 0) is 6.54 Å². The Labute approximate surface area is 169 Å². The van der Waals surface area contributed by atoms with Gasteiger partial charge < -0.3 is 5.11 Å². The van der Waals surface area contributed by atoms with Crippen LogP contribution in [0.4, 0.5) is 0 Å². The molecule has 0 aliphatic rings. The molecule has 2 heterocycles. The van der Waals surface area contributed by atoms with Crippen molar-refractivity contribution >= 4 is 33.3 Å². The molecular weight excluding hydrogens is 388 g/mol. The minimum Gasteiger partial charge on any atom is -0.477 e. The fraction of sp³-hybridized carbons (Fsp3) is 0.0909. The van der Waals surface area contributed by atoms with Crippen molar-refractivity contribution in [3.05, 3.63) is 87.3 Å². The van der Waals surface area contributed by atoms with Gasteiger partial charge in [-0.3, -0.25) is 14.2 Å². The second-order valence-corrected chi connectivity index (χ2v) is 7.58. The zero-order valence-corrected chi connectivity index (χ0v) is 16.3. The van der Waals surface area contributed by atoms with Crippen LogP contribution >= 0.6 is 11.3 Å². The summed E-state index contributed by atoms with van der Waals surface area (Å²) in [6.45, 7) is 1.42. The fourth-order valence-corrected chi connectivity index (χ4v) is 4.18. The monoisotopic (exact) mass is 404 g/mol. The number of carboxylic acid groups (broad SMARTS) is 1. The second-order valence-electron chi connectivity index (χ2n) is 6.59. The lowest BCUT2D eigenvalue weighted by molar-refractivity contribution is 0.0701. The van der Waals surface area contributed by atoms with Crippen molar-refractivity contribution in [1.82, 2.24) is 9.55 Å². The van der Waals surface area contributed by atoms with Crippen LogP contribution in [0.2, 0.25) is 0 Å². The van der Waals surface area contributed by atoms with Crippen LogP contribution in [0.25, 0.3) is 21.3 Å². The van der Waals surface area contributed by atoms with E-state index in [2.05, 4.69) is 4.98 Å². The minimum absolute atomic E-state index is 0.0881. The Hall–Kier alpha value is -3.58. The Morgan fingerprint density at radius 2 is 1.69 bits per heavy atom. The molecule has 0 amide bonds. The molecule has 7 heteroatoms. The van der Waals surface area contributed by atoms with E-state index in [4.69, 9.17) is 0 Å². The van der Waals surface area contributed by atoms with E-state index in [9.17, 15) is 19.5 Å². The average Bonchev–Trinajstić information content (AvgIpc) is 3.08. The molecule has 0 radical (unpaired) electrons. The molecule has 6 nitrogen and oxygen atoms in total. The van der Waals surface area contributed by atoms with E-state index >= 15 is 0 Å². The Kier molecular flexibility index (Phi) is 4.82. The van der Waals surface area contributed by atoms with Crippen molar-refractivity contribution in [3.8, 4) is 11.1 Å². The van der Waals surface area contributed by atoms with Crippen molar-refractivity contribution in [2.75, 3.05) is 0 Å². The van der Waals surface area contributed by atoms with E-state index in [0.717, 1.165) is 22.5 Å². The zero-order valence-electron chi connectivity index (χ0n) is 15.5. The fourth-order valence-electron chi connectivity index (χ4n) is 3.20. The number of rotatable bonds is 5. The third-order valence-corrected chi connectivity index (χ3v) is 5.93. The highest BCUT2D eigenvalue weighted by molar-refractivity contribution is 7.20. The topological polar surface area (TPSA) is 89.3 Å². The highest BCUT2D eigenvalue weighted by atomic mass is 32.1. The number of hydrogen-bond donors (Lipinski definition) is 1. The zero-order chi connectivity index (χ0) is 20.5. The molecule has 29 heavy (non-hydrogen) atoms. The Morgan fingerprint density at radius 1 is 1.03 bits per heavy atom. The number of aryl methyl sites for hydroxylation is 1. The number of Topliss-reactive ketones (excluding diaryl/α,β-unsaturated/α-hetero) is 1. The Morgan fingerprint density at radius 3 is 2.34 bits per heavy atom. The quantitative estimate of drug-likeness (QED) is 0.508. The van der Waals surface area contributed by atoms with E-state index < -0.39 is 11.5 Å². The predicted octanol–water partition coefficient (Wildman–Crippen LogP) is 4.01. The van der Waals surface area contributed by atoms with Crippen molar-refractivity contribution in [2.24, 2.45) is 0 Å². The number of hydrogen-bond acceptors (Lipinski definition) is 5. The highest BCUT2D eigenvalue weighted by Crippen LogP contribution is 2.26. The molecule has 4 rings (SSSR count). The summed E-state index contributed by atoms with van der Waals surface area (Å²) in [4.78, 5) is 41.4. The van der Waals surface area contributed by atoms with E-state index in [-0.39, 0.29) is 22.6 Å². The molecule has 0 spiro atoms. The van der Waals surface area contributed by atoms with E-state index in [1.165, 1.54) is 10.9 Å². The molecule has 0 aliphatic carbocycles. The van der Waals surface area contributed by atoms with Gasteiger partial charge in [0.1, 0.15) is 9.71 Å². The molecule has 0 saturated heterocycles. The van der Waals surface area contributed by atoms with Gasteiger partial charge in [0.15, 0.2) is 5.78 Å². The number of aromatic carboxylic acids is 1. The summed E-state index contributed by atoms with van der Waals surface area (Å²) in [7, 11) is 0. The van der Waals surface area contributed by atoms with Crippen LogP contribution in [0.5, 0.6) is 0 Å². The number of thiophene rings is 1. The van der Waals surface area contributed by atoms with Gasteiger partial charge in [0.05, 0.1) is 18.3 Å². The molecule has 4 aromatic rings. The summed E-state index contributed by atoms with van der Waals surface area (Å²) >= 11 is 0.961. The van der Waals surface area contributed by atoms with Crippen LogP contribution in [-0.4, -0.2) is 26.4 Å². The van der Waals surface area contributed by atoms with Crippen LogP contribution in [0.3, 0.4) is 0 Å². The van der Waals surface area contributed by atoms with E-state index in [1.54, 1.807) is 19.1 Å². The summed E-state index contributed by atoms with van der Waals surface area (Å²) in [6.07, 6.45) is 1.29. The maximum Gasteiger partial charge on any atom is 0.346 e. The smallest absolute Gasteiger partial charge is 0.346 e. The number of nitrogens with zero attached hydrogens (tertiary/aromatic N) is 2. The number of carbonyl (C=O) groups is 2. The Bertz CT molecular complexity index is 1290. The van der Waals surface area contributed by atoms with Crippen molar-refractivity contribution in [1.29, 1.82) is 0 Å². The normalized spacial score (nSPS) is 10.9. The standard InChI is InChI=1S/C22H16N2O4S/c1-13-18-20(29-19(13)22(27)28)23-12-24(21(18)26)11-17(25)16-9-7-15(8-10-16)14-5-3-2-4-6-14/h2-10,12H,11H2,1H3,(H,27,28). The molecule has 2 aromatic carbocycles. The summed E-state index contributed by atoms with van der Waals surface area (Å²) in [6, 6.07) is 17.0. The number of ketones is 1. The maximum absolute atomic E-state index is 12.8. The maximum atomic E-state index is 12.8.